The molecule has 1 aromatic heterocycles. The largest absolute Gasteiger partial charge is 0.497 e. The minimum atomic E-state index is 0.106. The van der Waals surface area contributed by atoms with E-state index in [2.05, 4.69) is 5.10 Å². The van der Waals surface area contributed by atoms with Crippen LogP contribution in [0.4, 0.5) is 0 Å². The number of piperazine rings is 1. The summed E-state index contributed by atoms with van der Waals surface area (Å²) >= 11 is 0. The van der Waals surface area contributed by atoms with E-state index in [9.17, 15) is 9.59 Å². The smallest absolute Gasteiger partial charge is 0.227 e. The monoisotopic (exact) mass is 398 g/mol. The molecule has 2 amide bonds. The Hall–Kier alpha value is -2.83. The van der Waals surface area contributed by atoms with E-state index in [-0.39, 0.29) is 11.8 Å². The van der Waals surface area contributed by atoms with Crippen LogP contribution in [0.3, 0.4) is 0 Å². The molecule has 2 heterocycles. The Morgan fingerprint density at radius 3 is 2.10 bits per heavy atom. The number of amides is 2. The summed E-state index contributed by atoms with van der Waals surface area (Å²) in [5.41, 5.74) is 4.07. The molecule has 0 atom stereocenters. The maximum absolute atomic E-state index is 12.7. The summed E-state index contributed by atoms with van der Waals surface area (Å²) in [4.78, 5) is 29.0. The van der Waals surface area contributed by atoms with Crippen LogP contribution in [0, 0.1) is 13.8 Å². The lowest BCUT2D eigenvalue weighted by Gasteiger charge is -2.35. The summed E-state index contributed by atoms with van der Waals surface area (Å²) in [5, 5.41) is 4.39. The van der Waals surface area contributed by atoms with Crippen molar-refractivity contribution in [2.24, 2.45) is 7.05 Å². The van der Waals surface area contributed by atoms with Gasteiger partial charge in [0.2, 0.25) is 11.8 Å². The number of benzene rings is 1. The molecular weight excluding hydrogens is 368 g/mol. The summed E-state index contributed by atoms with van der Waals surface area (Å²) in [6.07, 6.45) is 1.56. The first-order valence-electron chi connectivity index (χ1n) is 10.1. The molecule has 29 heavy (non-hydrogen) atoms. The van der Waals surface area contributed by atoms with E-state index in [1.165, 1.54) is 0 Å². The molecule has 0 saturated carbocycles. The summed E-state index contributed by atoms with van der Waals surface area (Å²) in [6, 6.07) is 7.81. The topological polar surface area (TPSA) is 67.7 Å². The van der Waals surface area contributed by atoms with Gasteiger partial charge in [0.1, 0.15) is 5.75 Å². The number of hydrogen-bond acceptors (Lipinski definition) is 4. The summed E-state index contributed by atoms with van der Waals surface area (Å²) in [5.74, 6) is 1.07. The van der Waals surface area contributed by atoms with Crippen molar-refractivity contribution < 1.29 is 14.3 Å². The number of nitrogens with zero attached hydrogens (tertiary/aromatic N) is 4. The van der Waals surface area contributed by atoms with E-state index < -0.39 is 0 Å². The van der Waals surface area contributed by atoms with E-state index in [1.54, 1.807) is 7.11 Å². The molecule has 0 N–H and O–H groups in total. The first-order valence-corrected chi connectivity index (χ1v) is 10.1. The molecule has 1 aliphatic rings. The van der Waals surface area contributed by atoms with Crippen LogP contribution in [0.2, 0.25) is 0 Å². The van der Waals surface area contributed by atoms with Crippen LogP contribution in [0.25, 0.3) is 0 Å². The summed E-state index contributed by atoms with van der Waals surface area (Å²) < 4.78 is 6.98. The van der Waals surface area contributed by atoms with E-state index in [0.29, 0.717) is 45.4 Å². The number of ether oxygens (including phenoxy) is 1. The highest BCUT2D eigenvalue weighted by Crippen LogP contribution is 2.16. The number of carbonyl (C=O) groups is 2. The van der Waals surface area contributed by atoms with Crippen LogP contribution in [-0.2, 0) is 29.5 Å². The quantitative estimate of drug-likeness (QED) is 0.745. The van der Waals surface area contributed by atoms with Crippen molar-refractivity contribution in [3.8, 4) is 5.75 Å². The zero-order valence-corrected chi connectivity index (χ0v) is 17.8. The third-order valence-corrected chi connectivity index (χ3v) is 5.76. The van der Waals surface area contributed by atoms with Crippen LogP contribution in [0.5, 0.6) is 5.75 Å². The molecule has 0 aliphatic carbocycles. The van der Waals surface area contributed by atoms with Crippen molar-refractivity contribution in [3.05, 3.63) is 46.8 Å². The minimum Gasteiger partial charge on any atom is -0.497 e. The Kier molecular flexibility index (Phi) is 6.56. The highest BCUT2D eigenvalue weighted by atomic mass is 16.5. The van der Waals surface area contributed by atoms with Crippen LogP contribution in [0.15, 0.2) is 24.3 Å². The molecule has 1 fully saturated rings. The second-order valence-electron chi connectivity index (χ2n) is 7.56. The van der Waals surface area contributed by atoms with Crippen molar-refractivity contribution in [1.82, 2.24) is 19.6 Å². The van der Waals surface area contributed by atoms with Crippen molar-refractivity contribution in [3.63, 3.8) is 0 Å². The number of aryl methyl sites for hydroxylation is 3. The molecule has 2 aromatic rings. The lowest BCUT2D eigenvalue weighted by atomic mass is 10.1. The molecule has 156 valence electrons. The van der Waals surface area contributed by atoms with Gasteiger partial charge in [-0.25, -0.2) is 0 Å². The first kappa shape index (κ1) is 20.9. The Bertz CT molecular complexity index is 865. The predicted molar refractivity (Wildman–Crippen MR) is 111 cm³/mol. The number of hydrogen-bond donors (Lipinski definition) is 0. The van der Waals surface area contributed by atoms with Gasteiger partial charge < -0.3 is 14.5 Å². The third kappa shape index (κ3) is 4.96. The van der Waals surface area contributed by atoms with Crippen molar-refractivity contribution in [2.45, 2.75) is 33.1 Å². The van der Waals surface area contributed by atoms with Crippen molar-refractivity contribution in [1.29, 1.82) is 0 Å². The minimum absolute atomic E-state index is 0.106. The van der Waals surface area contributed by atoms with Gasteiger partial charge in [-0.3, -0.25) is 14.3 Å². The molecule has 0 unspecified atom stereocenters. The Balaban J connectivity index is 1.46. The standard InChI is InChI=1S/C22H30N4O3/c1-16-20(17(2)24(3)23-16)15-22(28)26-13-11-25(12-14-26)21(27)10-7-18-5-8-19(29-4)9-6-18/h5-6,8-9H,7,10-15H2,1-4H3. The fraction of sp³-hybridized carbons (Fsp3) is 0.500. The van der Waals surface area contributed by atoms with Gasteiger partial charge in [0.15, 0.2) is 0 Å². The lowest BCUT2D eigenvalue weighted by molar-refractivity contribution is -0.139. The van der Waals surface area contributed by atoms with Gasteiger partial charge in [0.05, 0.1) is 19.2 Å². The zero-order chi connectivity index (χ0) is 21.0. The van der Waals surface area contributed by atoms with E-state index in [1.807, 2.05) is 59.6 Å². The summed E-state index contributed by atoms with van der Waals surface area (Å²) in [6.45, 7) is 6.30. The normalized spacial score (nSPS) is 14.2. The Morgan fingerprint density at radius 1 is 1.00 bits per heavy atom. The maximum atomic E-state index is 12.7. The van der Waals surface area contributed by atoms with Gasteiger partial charge in [0, 0.05) is 50.9 Å². The summed E-state index contributed by atoms with van der Waals surface area (Å²) in [7, 11) is 3.54. The fourth-order valence-corrected chi connectivity index (χ4v) is 3.74. The second kappa shape index (κ2) is 9.11. The van der Waals surface area contributed by atoms with Crippen molar-refractivity contribution in [2.75, 3.05) is 33.3 Å². The Labute approximate surface area is 172 Å². The molecule has 0 radical (unpaired) electrons. The molecule has 1 saturated heterocycles. The predicted octanol–water partition coefficient (Wildman–Crippen LogP) is 1.89. The van der Waals surface area contributed by atoms with E-state index in [0.717, 1.165) is 28.3 Å². The fourth-order valence-electron chi connectivity index (χ4n) is 3.74. The van der Waals surface area contributed by atoms with Crippen molar-refractivity contribution >= 4 is 11.8 Å². The number of methoxy groups -OCH3 is 1. The molecule has 1 aliphatic heterocycles. The van der Waals surface area contributed by atoms with Gasteiger partial charge in [-0.05, 0) is 38.0 Å². The van der Waals surface area contributed by atoms with Gasteiger partial charge >= 0.3 is 0 Å². The zero-order valence-electron chi connectivity index (χ0n) is 17.8. The SMILES string of the molecule is COc1ccc(CCC(=O)N2CCN(C(=O)Cc3c(C)nn(C)c3C)CC2)cc1. The average Bonchev–Trinajstić information content (AvgIpc) is 2.98. The molecule has 3 rings (SSSR count). The molecule has 7 heteroatoms. The van der Waals surface area contributed by atoms with Crippen LogP contribution >= 0.6 is 0 Å². The second-order valence-corrected chi connectivity index (χ2v) is 7.56. The number of carbonyl (C=O) groups excluding carboxylic acids is 2. The highest BCUT2D eigenvalue weighted by molar-refractivity contribution is 5.80. The number of rotatable bonds is 6. The van der Waals surface area contributed by atoms with Crippen LogP contribution in [-0.4, -0.2) is 64.7 Å². The third-order valence-electron chi connectivity index (χ3n) is 5.76. The Morgan fingerprint density at radius 2 is 1.59 bits per heavy atom. The van der Waals surface area contributed by atoms with Gasteiger partial charge in [-0.15, -0.1) is 0 Å². The first-order chi connectivity index (χ1) is 13.9. The van der Waals surface area contributed by atoms with E-state index in [4.69, 9.17) is 4.74 Å². The van der Waals surface area contributed by atoms with Crippen LogP contribution in [0.1, 0.15) is 28.9 Å². The van der Waals surface area contributed by atoms with Gasteiger partial charge in [-0.2, -0.15) is 5.10 Å². The highest BCUT2D eigenvalue weighted by Gasteiger charge is 2.25. The molecular formula is C22H30N4O3. The van der Waals surface area contributed by atoms with Crippen LogP contribution < -0.4 is 4.74 Å². The lowest BCUT2D eigenvalue weighted by Crippen LogP contribution is -2.51. The van der Waals surface area contributed by atoms with Gasteiger partial charge in [-0.1, -0.05) is 12.1 Å². The van der Waals surface area contributed by atoms with E-state index >= 15 is 0 Å². The number of aromatic nitrogens is 2. The molecule has 1 aromatic carbocycles. The van der Waals surface area contributed by atoms with Gasteiger partial charge in [0.25, 0.3) is 0 Å². The maximum Gasteiger partial charge on any atom is 0.227 e. The molecule has 7 nitrogen and oxygen atoms in total. The molecule has 0 spiro atoms. The average molecular weight is 399 g/mol. The molecule has 0 bridgehead atoms.